The second-order valence-corrected chi connectivity index (χ2v) is 14.7. The van der Waals surface area contributed by atoms with Crippen LogP contribution in [0.3, 0.4) is 0 Å². The largest absolute Gasteiger partial charge is 0.384 e. The van der Waals surface area contributed by atoms with Crippen LogP contribution < -0.4 is 0 Å². The van der Waals surface area contributed by atoms with Crippen molar-refractivity contribution in [3.8, 4) is 0 Å². The van der Waals surface area contributed by atoms with Crippen LogP contribution in [0.25, 0.3) is 0 Å². The highest BCUT2D eigenvalue weighted by Crippen LogP contribution is 2.48. The molecule has 25 heavy (non-hydrogen) atoms. The first-order valence-electron chi connectivity index (χ1n) is 10.5. The van der Waals surface area contributed by atoms with Crippen LogP contribution in [-0.2, 0) is 9.47 Å². The highest BCUT2D eigenvalue weighted by molar-refractivity contribution is 6.83. The molecular weight excluding hydrogens is 324 g/mol. The van der Waals surface area contributed by atoms with Gasteiger partial charge >= 0.3 is 0 Å². The molecule has 1 fully saturated rings. The van der Waals surface area contributed by atoms with Crippen LogP contribution in [0, 0.1) is 17.3 Å². The van der Waals surface area contributed by atoms with Gasteiger partial charge in [0.1, 0.15) is 0 Å². The smallest absolute Gasteiger partial charge is 0.0720 e. The van der Waals surface area contributed by atoms with Crippen molar-refractivity contribution in [1.29, 1.82) is 0 Å². The summed E-state index contributed by atoms with van der Waals surface area (Å²) < 4.78 is 11.1. The van der Waals surface area contributed by atoms with Gasteiger partial charge in [0.15, 0.2) is 0 Å². The number of hydrogen-bond acceptors (Lipinski definition) is 2. The standard InChI is InChI=1S/C22H44O2Si/c1-8-9-10-11-12-13-21(25(5,6)7)14-20-16-22(17-23-3,18-24-4)15-19(20)2/h13,19-20H,8-12,14-18H2,1-7H3/b21-13-/t19-,20-/m1/s1. The lowest BCUT2D eigenvalue weighted by molar-refractivity contribution is 0.0107. The molecule has 3 heteroatoms. The molecule has 2 nitrogen and oxygen atoms in total. The normalized spacial score (nSPS) is 24.0. The molecule has 0 amide bonds. The van der Waals surface area contributed by atoms with E-state index in [2.05, 4.69) is 39.6 Å². The van der Waals surface area contributed by atoms with E-state index in [1.54, 1.807) is 5.20 Å². The lowest BCUT2D eigenvalue weighted by atomic mass is 9.86. The first-order chi connectivity index (χ1) is 11.8. The molecule has 0 radical (unpaired) electrons. The molecule has 1 aliphatic rings. The molecule has 0 aromatic rings. The average Bonchev–Trinajstić information content (AvgIpc) is 2.81. The highest BCUT2D eigenvalue weighted by Gasteiger charge is 2.44. The number of methoxy groups -OCH3 is 2. The zero-order chi connectivity index (χ0) is 18.9. The quantitative estimate of drug-likeness (QED) is 0.290. The number of unbranched alkanes of at least 4 members (excludes halogenated alkanes) is 4. The van der Waals surface area contributed by atoms with E-state index in [1.165, 1.54) is 51.4 Å². The molecule has 0 saturated heterocycles. The fourth-order valence-electron chi connectivity index (χ4n) is 4.68. The van der Waals surface area contributed by atoms with Gasteiger partial charge < -0.3 is 9.47 Å². The molecule has 0 bridgehead atoms. The first kappa shape index (κ1) is 22.9. The van der Waals surface area contributed by atoms with Crippen LogP contribution in [0.1, 0.15) is 65.2 Å². The Morgan fingerprint density at radius 1 is 1.04 bits per heavy atom. The number of allylic oxidation sites excluding steroid dienone is 2. The van der Waals surface area contributed by atoms with Crippen molar-refractivity contribution in [2.45, 2.75) is 84.9 Å². The van der Waals surface area contributed by atoms with Gasteiger partial charge in [-0.3, -0.25) is 0 Å². The lowest BCUT2D eigenvalue weighted by Crippen LogP contribution is -2.29. The van der Waals surface area contributed by atoms with E-state index in [0.717, 1.165) is 25.0 Å². The fraction of sp³-hybridized carbons (Fsp3) is 0.909. The zero-order valence-corrected chi connectivity index (χ0v) is 19.1. The van der Waals surface area contributed by atoms with Crippen LogP contribution in [0.15, 0.2) is 11.3 Å². The third-order valence-corrected chi connectivity index (χ3v) is 8.38. The van der Waals surface area contributed by atoms with E-state index in [-0.39, 0.29) is 5.41 Å². The topological polar surface area (TPSA) is 18.5 Å². The Kier molecular flexibility index (Phi) is 9.98. The molecular formula is C22H44O2Si. The molecule has 0 N–H and O–H groups in total. The van der Waals surface area contributed by atoms with Gasteiger partial charge in [0.2, 0.25) is 0 Å². The maximum atomic E-state index is 5.57. The minimum absolute atomic E-state index is 0.235. The Hall–Kier alpha value is -0.123. The van der Waals surface area contributed by atoms with Gasteiger partial charge in [0.05, 0.1) is 21.3 Å². The number of rotatable bonds is 12. The zero-order valence-electron chi connectivity index (χ0n) is 18.1. The summed E-state index contributed by atoms with van der Waals surface area (Å²) in [6.07, 6.45) is 13.2. The molecule has 1 saturated carbocycles. The molecule has 1 aliphatic carbocycles. The van der Waals surface area contributed by atoms with Gasteiger partial charge in [-0.05, 0) is 43.9 Å². The Morgan fingerprint density at radius 3 is 2.20 bits per heavy atom. The molecule has 0 spiro atoms. The average molecular weight is 369 g/mol. The van der Waals surface area contributed by atoms with E-state index in [1.807, 2.05) is 14.2 Å². The van der Waals surface area contributed by atoms with Gasteiger partial charge in [-0.1, -0.05) is 64.0 Å². The molecule has 1 rings (SSSR count). The van der Waals surface area contributed by atoms with E-state index in [4.69, 9.17) is 9.47 Å². The molecule has 0 aromatic heterocycles. The summed E-state index contributed by atoms with van der Waals surface area (Å²) in [7, 11) is 2.43. The van der Waals surface area contributed by atoms with Crippen molar-refractivity contribution in [1.82, 2.24) is 0 Å². The molecule has 2 atom stereocenters. The van der Waals surface area contributed by atoms with Gasteiger partial charge in [0, 0.05) is 19.6 Å². The van der Waals surface area contributed by atoms with Gasteiger partial charge in [-0.2, -0.15) is 0 Å². The van der Waals surface area contributed by atoms with Crippen molar-refractivity contribution in [2.24, 2.45) is 17.3 Å². The minimum atomic E-state index is -1.24. The van der Waals surface area contributed by atoms with E-state index in [9.17, 15) is 0 Å². The summed E-state index contributed by atoms with van der Waals surface area (Å²) in [6, 6.07) is 0. The van der Waals surface area contributed by atoms with E-state index >= 15 is 0 Å². The lowest BCUT2D eigenvalue weighted by Gasteiger charge is -2.29. The van der Waals surface area contributed by atoms with Crippen LogP contribution in [0.2, 0.25) is 19.6 Å². The van der Waals surface area contributed by atoms with Gasteiger partial charge in [-0.15, -0.1) is 0 Å². The molecule has 0 unspecified atom stereocenters. The van der Waals surface area contributed by atoms with E-state index < -0.39 is 8.07 Å². The number of ether oxygens (including phenoxy) is 2. The Balaban J connectivity index is 2.74. The third-order valence-electron chi connectivity index (χ3n) is 6.05. The SMILES string of the molecule is CCCCCC/C=C(/C[C@@H]1CC(COC)(COC)C[C@H]1C)[Si](C)(C)C. The summed E-state index contributed by atoms with van der Waals surface area (Å²) in [5.41, 5.74) is 0.235. The number of hydrogen-bond donors (Lipinski definition) is 0. The second kappa shape index (κ2) is 10.9. The highest BCUT2D eigenvalue weighted by atomic mass is 28.3. The van der Waals surface area contributed by atoms with Crippen LogP contribution in [0.4, 0.5) is 0 Å². The third kappa shape index (κ3) is 7.56. The molecule has 0 heterocycles. The van der Waals surface area contributed by atoms with Crippen molar-refractivity contribution in [3.63, 3.8) is 0 Å². The molecule has 148 valence electrons. The molecule has 0 aromatic carbocycles. The summed E-state index contributed by atoms with van der Waals surface area (Å²) in [4.78, 5) is 0. The predicted molar refractivity (Wildman–Crippen MR) is 113 cm³/mol. The Bertz CT molecular complexity index is 391. The predicted octanol–water partition coefficient (Wildman–Crippen LogP) is 6.48. The summed E-state index contributed by atoms with van der Waals surface area (Å²) in [6.45, 7) is 14.0. The molecule has 0 aliphatic heterocycles. The maximum Gasteiger partial charge on any atom is 0.0720 e. The fourth-order valence-corrected chi connectivity index (χ4v) is 6.31. The van der Waals surface area contributed by atoms with Crippen molar-refractivity contribution >= 4 is 8.07 Å². The Labute approximate surface area is 158 Å². The van der Waals surface area contributed by atoms with E-state index in [0.29, 0.717) is 0 Å². The summed E-state index contributed by atoms with van der Waals surface area (Å²) in [5, 5.41) is 1.80. The Morgan fingerprint density at radius 2 is 1.68 bits per heavy atom. The van der Waals surface area contributed by atoms with Crippen LogP contribution >= 0.6 is 0 Å². The van der Waals surface area contributed by atoms with Crippen molar-refractivity contribution in [3.05, 3.63) is 11.3 Å². The van der Waals surface area contributed by atoms with Gasteiger partial charge in [0.25, 0.3) is 0 Å². The van der Waals surface area contributed by atoms with Crippen molar-refractivity contribution < 1.29 is 9.47 Å². The first-order valence-corrected chi connectivity index (χ1v) is 14.0. The van der Waals surface area contributed by atoms with Crippen molar-refractivity contribution in [2.75, 3.05) is 27.4 Å². The van der Waals surface area contributed by atoms with Crippen LogP contribution in [0.5, 0.6) is 0 Å². The minimum Gasteiger partial charge on any atom is -0.384 e. The summed E-state index contributed by atoms with van der Waals surface area (Å²) in [5.74, 6) is 1.56. The maximum absolute atomic E-state index is 5.57. The monoisotopic (exact) mass is 368 g/mol. The van der Waals surface area contributed by atoms with Crippen LogP contribution in [-0.4, -0.2) is 35.5 Å². The summed E-state index contributed by atoms with van der Waals surface area (Å²) >= 11 is 0. The van der Waals surface area contributed by atoms with Gasteiger partial charge in [-0.25, -0.2) is 0 Å². The second-order valence-electron chi connectivity index (χ2n) is 9.54.